The van der Waals surface area contributed by atoms with Gasteiger partial charge in [-0.15, -0.1) is 11.3 Å². The number of aliphatic hydroxyl groups excluding tert-OH is 1. The second kappa shape index (κ2) is 19.9. The maximum atomic E-state index is 14.3. The summed E-state index contributed by atoms with van der Waals surface area (Å²) in [5.41, 5.74) is 2.95. The highest BCUT2D eigenvalue weighted by molar-refractivity contribution is 7.81. The Hall–Kier alpha value is -6.88. The Morgan fingerprint density at radius 1 is 1.01 bits per heavy atom. The van der Waals surface area contributed by atoms with E-state index in [0.29, 0.717) is 34.7 Å². The summed E-state index contributed by atoms with van der Waals surface area (Å²) >= 11 is 7.16. The van der Waals surface area contributed by atoms with Gasteiger partial charge in [0.1, 0.15) is 29.1 Å². The Kier molecular flexibility index (Phi) is 14.0. The Morgan fingerprint density at radius 2 is 1.73 bits per heavy atom. The first-order valence-electron chi connectivity index (χ1n) is 22.6. The van der Waals surface area contributed by atoms with Crippen LogP contribution in [0.5, 0.6) is 11.5 Å². The maximum absolute atomic E-state index is 14.3. The van der Waals surface area contributed by atoms with E-state index in [1.54, 1.807) is 71.6 Å². The van der Waals surface area contributed by atoms with Gasteiger partial charge in [0.25, 0.3) is 11.8 Å². The lowest BCUT2D eigenvalue weighted by Crippen LogP contribution is -2.55. The lowest BCUT2D eigenvalue weighted by Gasteiger charge is -2.35. The van der Waals surface area contributed by atoms with Gasteiger partial charge in [-0.3, -0.25) is 24.1 Å². The standard InChI is InChI=1S/C51H50F3N7O7S2/c1-29(2)43(59-26-34-9-6-7-10-39(34)46(59)64)47(65)58-27-37(62)23-41(58)45(63)56-25-33-12-11-31(44-30(3)57-28-70-44)21-42(33)68-20-8-19-67-38-17-15-35(16-18-38)61-49(69)60(48(66)50(61,4)5)36-14-13-32(24-55)40(22-36)51(52,53)54/h6-7,9-18,21-22,28-29,37,41,43,62H,8,19-20,23,25-27H2,1-5H3,(H,56,63)/t37-,41-,43-/m0/s1. The van der Waals surface area contributed by atoms with E-state index in [1.807, 2.05) is 51.1 Å². The minimum atomic E-state index is -4.82. The van der Waals surface area contributed by atoms with Gasteiger partial charge in [-0.05, 0) is 105 Å². The minimum absolute atomic E-state index is 0.0279. The second-order valence-corrected chi connectivity index (χ2v) is 19.4. The summed E-state index contributed by atoms with van der Waals surface area (Å²) in [6.07, 6.45) is -5.25. The van der Waals surface area contributed by atoms with Crippen LogP contribution in [0.25, 0.3) is 10.4 Å². The number of aromatic nitrogens is 1. The van der Waals surface area contributed by atoms with Crippen LogP contribution in [-0.2, 0) is 33.6 Å². The number of hydrogen-bond donors (Lipinski definition) is 2. The highest BCUT2D eigenvalue weighted by atomic mass is 32.1. The molecular weight excluding hydrogens is 944 g/mol. The van der Waals surface area contributed by atoms with Gasteiger partial charge in [0.05, 0.1) is 58.3 Å². The van der Waals surface area contributed by atoms with Crippen molar-refractivity contribution in [2.45, 2.75) is 90.5 Å². The number of hydrogen-bond acceptors (Lipinski definition) is 11. The number of likely N-dealkylation sites (tertiary alicyclic amines) is 1. The zero-order valence-corrected chi connectivity index (χ0v) is 40.6. The molecular formula is C51H50F3N7O7S2. The molecule has 3 atom stereocenters. The third-order valence-corrected chi connectivity index (χ3v) is 14.1. The Morgan fingerprint density at radius 3 is 2.40 bits per heavy atom. The third kappa shape index (κ3) is 9.67. The van der Waals surface area contributed by atoms with E-state index in [4.69, 9.17) is 21.7 Å². The average molecular weight is 994 g/mol. The number of nitriles is 1. The zero-order valence-electron chi connectivity index (χ0n) is 38.9. The molecule has 0 aliphatic carbocycles. The highest BCUT2D eigenvalue weighted by Gasteiger charge is 2.51. The smallest absolute Gasteiger partial charge is 0.417 e. The molecule has 2 fully saturated rings. The molecule has 19 heteroatoms. The topological polar surface area (TPSA) is 169 Å². The van der Waals surface area contributed by atoms with Crippen molar-refractivity contribution < 1.29 is 46.9 Å². The number of aryl methyl sites for hydroxylation is 1. The van der Waals surface area contributed by atoms with Gasteiger partial charge >= 0.3 is 6.18 Å². The van der Waals surface area contributed by atoms with E-state index in [9.17, 15) is 42.7 Å². The largest absolute Gasteiger partial charge is 0.493 e. The number of thiocarbonyl (C=S) groups is 1. The first kappa shape index (κ1) is 49.5. The van der Waals surface area contributed by atoms with E-state index in [1.165, 1.54) is 22.3 Å². The number of β-amino-alcohol motifs (C(OH)–C–C–N with tert-alkyl or cyclic N) is 1. The third-order valence-electron chi connectivity index (χ3n) is 12.7. The molecule has 70 heavy (non-hydrogen) atoms. The molecule has 0 bridgehead atoms. The Balaban J connectivity index is 0.901. The van der Waals surface area contributed by atoms with E-state index >= 15 is 0 Å². The van der Waals surface area contributed by atoms with Gasteiger partial charge in [-0.2, -0.15) is 18.4 Å². The molecule has 4 amide bonds. The van der Waals surface area contributed by atoms with Crippen molar-refractivity contribution in [1.82, 2.24) is 20.1 Å². The van der Waals surface area contributed by atoms with Crippen molar-refractivity contribution in [2.75, 3.05) is 29.6 Å². The van der Waals surface area contributed by atoms with Crippen LogP contribution in [0.1, 0.15) is 78.8 Å². The molecule has 0 spiro atoms. The normalized spacial score (nSPS) is 18.1. The number of amides is 4. The summed E-state index contributed by atoms with van der Waals surface area (Å²) < 4.78 is 53.8. The fourth-order valence-electron chi connectivity index (χ4n) is 9.19. The number of thiazole rings is 1. The van der Waals surface area contributed by atoms with Crippen molar-refractivity contribution in [1.29, 1.82) is 5.26 Å². The van der Waals surface area contributed by atoms with Crippen molar-refractivity contribution in [2.24, 2.45) is 5.92 Å². The zero-order chi connectivity index (χ0) is 50.2. The van der Waals surface area contributed by atoms with Crippen molar-refractivity contribution in [3.8, 4) is 28.0 Å². The summed E-state index contributed by atoms with van der Waals surface area (Å²) in [4.78, 5) is 66.2. The van der Waals surface area contributed by atoms with Crippen molar-refractivity contribution in [3.63, 3.8) is 0 Å². The molecule has 3 aliphatic rings. The van der Waals surface area contributed by atoms with E-state index < -0.39 is 58.8 Å². The number of halogens is 3. The molecule has 0 radical (unpaired) electrons. The number of alkyl halides is 3. The number of carbonyl (C=O) groups excluding carboxylic acids is 4. The first-order chi connectivity index (χ1) is 33.3. The number of anilines is 2. The first-order valence-corrected chi connectivity index (χ1v) is 23.9. The second-order valence-electron chi connectivity index (χ2n) is 18.2. The minimum Gasteiger partial charge on any atom is -0.493 e. The number of benzene rings is 4. The Labute approximate surface area is 412 Å². The molecule has 364 valence electrons. The maximum Gasteiger partial charge on any atom is 0.417 e. The van der Waals surface area contributed by atoms with Gasteiger partial charge in [-0.25, -0.2) is 4.98 Å². The molecule has 1 aromatic heterocycles. The predicted octanol–water partition coefficient (Wildman–Crippen LogP) is 8.03. The van der Waals surface area contributed by atoms with Gasteiger partial charge in [0.15, 0.2) is 5.11 Å². The van der Waals surface area contributed by atoms with Gasteiger partial charge in [-0.1, -0.05) is 44.2 Å². The number of ether oxygens (including phenoxy) is 2. The molecule has 0 saturated carbocycles. The van der Waals surface area contributed by atoms with Crippen LogP contribution in [0.2, 0.25) is 0 Å². The number of nitrogens with zero attached hydrogens (tertiary/aromatic N) is 6. The summed E-state index contributed by atoms with van der Waals surface area (Å²) in [5, 5.41) is 23.0. The fourth-order valence-corrected chi connectivity index (χ4v) is 10.5. The van der Waals surface area contributed by atoms with Crippen LogP contribution >= 0.6 is 23.6 Å². The summed E-state index contributed by atoms with van der Waals surface area (Å²) in [6, 6.07) is 22.5. The van der Waals surface area contributed by atoms with Crippen LogP contribution in [0.15, 0.2) is 90.4 Å². The predicted molar refractivity (Wildman–Crippen MR) is 260 cm³/mol. The molecule has 2 saturated heterocycles. The van der Waals surface area contributed by atoms with E-state index in [0.717, 1.165) is 38.7 Å². The quantitative estimate of drug-likeness (QED) is 0.0770. The molecule has 2 N–H and O–H groups in total. The molecule has 4 aromatic carbocycles. The number of carbonyl (C=O) groups is 4. The van der Waals surface area contributed by atoms with Gasteiger partial charge in [0, 0.05) is 49.3 Å². The molecule has 3 aliphatic heterocycles. The van der Waals surface area contributed by atoms with Crippen LogP contribution < -0.4 is 24.6 Å². The Bertz CT molecular complexity index is 2900. The highest BCUT2D eigenvalue weighted by Crippen LogP contribution is 2.40. The molecule has 5 aromatic rings. The summed E-state index contributed by atoms with van der Waals surface area (Å²) in [6.45, 7) is 9.65. The van der Waals surface area contributed by atoms with Crippen molar-refractivity contribution in [3.05, 3.63) is 124 Å². The number of fused-ring (bicyclic) bond motifs is 1. The average Bonchev–Trinajstić information content (AvgIpc) is 4.07. The van der Waals surface area contributed by atoms with Crippen LogP contribution in [0.3, 0.4) is 0 Å². The SMILES string of the molecule is Cc1ncsc1-c1ccc(CNC(=O)[C@@H]2C[C@H](O)CN2C(=O)[C@H](C(C)C)N2Cc3ccccc3C2=O)c(OCCCOc2ccc(N3C(=S)N(c4ccc(C#N)c(C(F)(F)F)c4)C(=O)C3(C)C)cc2)c1. The van der Waals surface area contributed by atoms with Crippen LogP contribution in [0, 0.1) is 24.2 Å². The number of aliphatic hydroxyl groups is 1. The molecule has 8 rings (SSSR count). The lowest BCUT2D eigenvalue weighted by atomic mass is 10.0. The fraction of sp³-hybridized carbons (Fsp3) is 0.353. The van der Waals surface area contributed by atoms with Gasteiger partial charge in [0.2, 0.25) is 11.8 Å². The van der Waals surface area contributed by atoms with Crippen molar-refractivity contribution >= 4 is 63.7 Å². The number of rotatable bonds is 15. The van der Waals surface area contributed by atoms with Gasteiger partial charge < -0.3 is 34.6 Å². The summed E-state index contributed by atoms with van der Waals surface area (Å²) in [5.74, 6) is -0.859. The van der Waals surface area contributed by atoms with E-state index in [2.05, 4.69) is 10.3 Å². The van der Waals surface area contributed by atoms with Crippen LogP contribution in [0.4, 0.5) is 24.5 Å². The monoisotopic (exact) mass is 993 g/mol. The lowest BCUT2D eigenvalue weighted by molar-refractivity contribution is -0.143. The van der Waals surface area contributed by atoms with Crippen LogP contribution in [-0.4, -0.2) is 92.1 Å². The summed E-state index contributed by atoms with van der Waals surface area (Å²) in [7, 11) is 0. The molecule has 14 nitrogen and oxygen atoms in total. The molecule has 4 heterocycles. The molecule has 0 unspecified atom stereocenters. The number of nitrogens with one attached hydrogen (secondary N) is 1. The van der Waals surface area contributed by atoms with E-state index in [-0.39, 0.29) is 61.9 Å².